The summed E-state index contributed by atoms with van der Waals surface area (Å²) in [6.07, 6.45) is 1.69. The molecule has 130 valence electrons. The fourth-order valence-electron chi connectivity index (χ4n) is 2.69. The van der Waals surface area contributed by atoms with Crippen LogP contribution in [0, 0.1) is 11.7 Å². The van der Waals surface area contributed by atoms with Crippen LogP contribution in [0.15, 0.2) is 40.6 Å². The number of sulfonamides is 1. The molecule has 0 aliphatic carbocycles. The van der Waals surface area contributed by atoms with E-state index in [4.69, 9.17) is 16.3 Å². The van der Waals surface area contributed by atoms with Gasteiger partial charge in [0, 0.05) is 19.0 Å². The highest BCUT2D eigenvalue weighted by molar-refractivity contribution is 7.91. The molecule has 0 N–H and O–H groups in total. The first kappa shape index (κ1) is 17.7. The van der Waals surface area contributed by atoms with Gasteiger partial charge < -0.3 is 4.74 Å². The number of ether oxygens (including phenoxy) is 1. The molecule has 0 radical (unpaired) electrons. The van der Waals surface area contributed by atoms with Crippen LogP contribution in [0.2, 0.25) is 4.34 Å². The zero-order valence-corrected chi connectivity index (χ0v) is 15.2. The Bertz CT molecular complexity index is 792. The van der Waals surface area contributed by atoms with E-state index in [0.29, 0.717) is 29.8 Å². The summed E-state index contributed by atoms with van der Waals surface area (Å²) >= 11 is 6.92. The van der Waals surface area contributed by atoms with Gasteiger partial charge in [0.2, 0.25) is 0 Å². The highest BCUT2D eigenvalue weighted by atomic mass is 35.5. The molecule has 1 saturated heterocycles. The Balaban J connectivity index is 1.62. The van der Waals surface area contributed by atoms with Crippen LogP contribution < -0.4 is 4.74 Å². The first-order chi connectivity index (χ1) is 11.4. The summed E-state index contributed by atoms with van der Waals surface area (Å²) < 4.78 is 46.1. The Hall–Kier alpha value is -1.15. The van der Waals surface area contributed by atoms with Crippen molar-refractivity contribution in [3.05, 3.63) is 46.6 Å². The number of thiophene rings is 1. The van der Waals surface area contributed by atoms with Crippen molar-refractivity contribution in [1.82, 2.24) is 4.31 Å². The summed E-state index contributed by atoms with van der Waals surface area (Å²) in [5.41, 5.74) is 0. The van der Waals surface area contributed by atoms with Gasteiger partial charge in [-0.15, -0.1) is 11.3 Å². The summed E-state index contributed by atoms with van der Waals surface area (Å²) in [5.74, 6) is 0.377. The quantitative estimate of drug-likeness (QED) is 0.775. The van der Waals surface area contributed by atoms with Gasteiger partial charge in [-0.25, -0.2) is 12.8 Å². The first-order valence-corrected chi connectivity index (χ1v) is 10.2. The lowest BCUT2D eigenvalue weighted by Crippen LogP contribution is -2.41. The van der Waals surface area contributed by atoms with Gasteiger partial charge in [0.25, 0.3) is 10.0 Å². The number of rotatable bonds is 5. The van der Waals surface area contributed by atoms with Gasteiger partial charge in [-0.1, -0.05) is 11.6 Å². The van der Waals surface area contributed by atoms with Crippen LogP contribution in [0.4, 0.5) is 4.39 Å². The molecule has 1 aliphatic rings. The molecule has 2 aromatic rings. The van der Waals surface area contributed by atoms with Crippen molar-refractivity contribution in [3.63, 3.8) is 0 Å². The SMILES string of the molecule is O=S(=O)(c1ccc(Cl)s1)N1CCCC(COc2ccc(F)cc2)C1. The van der Waals surface area contributed by atoms with Crippen molar-refractivity contribution in [2.45, 2.75) is 17.1 Å². The minimum atomic E-state index is -3.50. The molecular formula is C16H17ClFNO3S2. The molecule has 0 saturated carbocycles. The lowest BCUT2D eigenvalue weighted by atomic mass is 10.0. The summed E-state index contributed by atoms with van der Waals surface area (Å²) in [4.78, 5) is 0. The van der Waals surface area contributed by atoms with Gasteiger partial charge >= 0.3 is 0 Å². The number of piperidine rings is 1. The van der Waals surface area contributed by atoms with Crippen LogP contribution in [-0.2, 0) is 10.0 Å². The van der Waals surface area contributed by atoms with Crippen LogP contribution >= 0.6 is 22.9 Å². The average Bonchev–Trinajstić information content (AvgIpc) is 3.02. The summed E-state index contributed by atoms with van der Waals surface area (Å²) in [6.45, 7) is 1.33. The van der Waals surface area contributed by atoms with Crippen LogP contribution in [-0.4, -0.2) is 32.4 Å². The van der Waals surface area contributed by atoms with Crippen molar-refractivity contribution in [2.24, 2.45) is 5.92 Å². The highest BCUT2D eigenvalue weighted by Gasteiger charge is 2.31. The molecule has 24 heavy (non-hydrogen) atoms. The van der Waals surface area contributed by atoms with Crippen molar-refractivity contribution in [2.75, 3.05) is 19.7 Å². The Morgan fingerprint density at radius 3 is 2.67 bits per heavy atom. The van der Waals surface area contributed by atoms with E-state index in [-0.39, 0.29) is 15.9 Å². The third kappa shape index (κ3) is 4.08. The largest absolute Gasteiger partial charge is 0.493 e. The standard InChI is InChI=1S/C16H17ClFNO3S2/c17-15-7-8-16(23-15)24(20,21)19-9-1-2-12(10-19)11-22-14-5-3-13(18)4-6-14/h3-8,12H,1-2,9-11H2. The maximum atomic E-state index is 12.9. The minimum Gasteiger partial charge on any atom is -0.493 e. The molecular weight excluding hydrogens is 373 g/mol. The van der Waals surface area contributed by atoms with Crippen molar-refractivity contribution in [3.8, 4) is 5.75 Å². The average molecular weight is 390 g/mol. The third-order valence-corrected chi connectivity index (χ3v) is 7.49. The third-order valence-electron chi connectivity index (χ3n) is 3.92. The van der Waals surface area contributed by atoms with Gasteiger partial charge in [0.15, 0.2) is 0 Å². The highest BCUT2D eigenvalue weighted by Crippen LogP contribution is 2.30. The fourth-order valence-corrected chi connectivity index (χ4v) is 5.88. The molecule has 0 amide bonds. The Morgan fingerprint density at radius 1 is 1.25 bits per heavy atom. The smallest absolute Gasteiger partial charge is 0.252 e. The van der Waals surface area contributed by atoms with E-state index >= 15 is 0 Å². The Kier molecular flexibility index (Phi) is 5.44. The molecule has 1 aromatic carbocycles. The second-order valence-electron chi connectivity index (χ2n) is 5.69. The van der Waals surface area contributed by atoms with Gasteiger partial charge in [-0.2, -0.15) is 4.31 Å². The molecule has 8 heteroatoms. The maximum Gasteiger partial charge on any atom is 0.252 e. The van der Waals surface area contributed by atoms with Crippen LogP contribution in [0.3, 0.4) is 0 Å². The second-order valence-corrected chi connectivity index (χ2v) is 9.57. The van der Waals surface area contributed by atoms with Crippen LogP contribution in [0.25, 0.3) is 0 Å². The lowest BCUT2D eigenvalue weighted by Gasteiger charge is -2.31. The Morgan fingerprint density at radius 2 is 2.00 bits per heavy atom. The van der Waals surface area contributed by atoms with E-state index in [1.54, 1.807) is 24.3 Å². The van der Waals surface area contributed by atoms with E-state index in [9.17, 15) is 12.8 Å². The minimum absolute atomic E-state index is 0.106. The maximum absolute atomic E-state index is 12.9. The van der Waals surface area contributed by atoms with E-state index < -0.39 is 10.0 Å². The van der Waals surface area contributed by atoms with E-state index in [1.165, 1.54) is 16.4 Å². The monoisotopic (exact) mass is 389 g/mol. The summed E-state index contributed by atoms with van der Waals surface area (Å²) in [6, 6.07) is 8.96. The number of halogens is 2. The van der Waals surface area contributed by atoms with E-state index in [1.807, 2.05) is 0 Å². The van der Waals surface area contributed by atoms with Crippen LogP contribution in [0.1, 0.15) is 12.8 Å². The molecule has 2 heterocycles. The van der Waals surface area contributed by atoms with Gasteiger partial charge in [-0.3, -0.25) is 0 Å². The molecule has 1 fully saturated rings. The van der Waals surface area contributed by atoms with Crippen molar-refractivity contribution < 1.29 is 17.5 Å². The molecule has 0 spiro atoms. The lowest BCUT2D eigenvalue weighted by molar-refractivity contribution is 0.180. The predicted octanol–water partition coefficient (Wildman–Crippen LogP) is 4.02. The predicted molar refractivity (Wildman–Crippen MR) is 92.7 cm³/mol. The van der Waals surface area contributed by atoms with E-state index in [0.717, 1.165) is 24.2 Å². The first-order valence-electron chi connectivity index (χ1n) is 7.59. The van der Waals surface area contributed by atoms with Gasteiger partial charge in [-0.05, 0) is 49.2 Å². The molecule has 1 unspecified atom stereocenters. The number of hydrogen-bond acceptors (Lipinski definition) is 4. The normalized spacial score (nSPS) is 19.3. The Labute approximate surface area is 149 Å². The number of hydrogen-bond donors (Lipinski definition) is 0. The van der Waals surface area contributed by atoms with Gasteiger partial charge in [0.05, 0.1) is 10.9 Å². The molecule has 3 rings (SSSR count). The zero-order valence-electron chi connectivity index (χ0n) is 12.8. The summed E-state index contributed by atoms with van der Waals surface area (Å²) in [7, 11) is -3.50. The number of benzene rings is 1. The molecule has 1 aliphatic heterocycles. The number of nitrogens with zero attached hydrogens (tertiary/aromatic N) is 1. The molecule has 1 atom stereocenters. The molecule has 1 aromatic heterocycles. The van der Waals surface area contributed by atoms with Crippen LogP contribution in [0.5, 0.6) is 5.75 Å². The molecule has 0 bridgehead atoms. The zero-order chi connectivity index (χ0) is 17.2. The summed E-state index contributed by atoms with van der Waals surface area (Å²) in [5, 5.41) is 0. The fraction of sp³-hybridized carbons (Fsp3) is 0.375. The van der Waals surface area contributed by atoms with Crippen molar-refractivity contribution in [1.29, 1.82) is 0 Å². The molecule has 4 nitrogen and oxygen atoms in total. The van der Waals surface area contributed by atoms with Gasteiger partial charge in [0.1, 0.15) is 15.8 Å². The topological polar surface area (TPSA) is 46.6 Å². The van der Waals surface area contributed by atoms with Crippen molar-refractivity contribution >= 4 is 33.0 Å². The second kappa shape index (κ2) is 7.39. The van der Waals surface area contributed by atoms with E-state index in [2.05, 4.69) is 0 Å².